The van der Waals surface area contributed by atoms with E-state index in [4.69, 9.17) is 0 Å². The van der Waals surface area contributed by atoms with Gasteiger partial charge in [-0.2, -0.15) is 0 Å². The number of Topliss-reactive ketones (excluding diaryl/α,β-unsaturated/α-hetero) is 1. The Labute approximate surface area is 99.0 Å². The molecule has 0 aliphatic heterocycles. The van der Waals surface area contributed by atoms with Gasteiger partial charge in [-0.25, -0.2) is 0 Å². The number of hydrogen-bond acceptors (Lipinski definition) is 1. The lowest BCUT2D eigenvalue weighted by Gasteiger charge is -2.74. The summed E-state index contributed by atoms with van der Waals surface area (Å²) in [5.41, 5.74) is 0.769. The van der Waals surface area contributed by atoms with Crippen LogP contribution in [0.2, 0.25) is 0 Å². The second-order valence-electron chi connectivity index (χ2n) is 7.34. The van der Waals surface area contributed by atoms with Crippen molar-refractivity contribution in [2.45, 2.75) is 53.4 Å². The third-order valence-corrected chi connectivity index (χ3v) is 6.29. The van der Waals surface area contributed by atoms with Crippen molar-refractivity contribution in [2.75, 3.05) is 0 Å². The zero-order valence-corrected chi connectivity index (χ0v) is 11.0. The summed E-state index contributed by atoms with van der Waals surface area (Å²) < 4.78 is 0. The first-order chi connectivity index (χ1) is 7.41. The van der Waals surface area contributed by atoms with Gasteiger partial charge in [-0.15, -0.1) is 0 Å². The summed E-state index contributed by atoms with van der Waals surface area (Å²) in [5, 5.41) is 0. The molecular formula is C15H24O. The molecule has 3 atom stereocenters. The van der Waals surface area contributed by atoms with Crippen LogP contribution in [0.3, 0.4) is 0 Å². The van der Waals surface area contributed by atoms with Crippen LogP contribution in [0.25, 0.3) is 0 Å². The Hall–Kier alpha value is -0.330. The average Bonchev–Trinajstić information content (AvgIpc) is 2.15. The monoisotopic (exact) mass is 220 g/mol. The third kappa shape index (κ3) is 0.966. The Kier molecular flexibility index (Phi) is 1.97. The van der Waals surface area contributed by atoms with Crippen LogP contribution in [0.15, 0.2) is 0 Å². The van der Waals surface area contributed by atoms with E-state index in [1.54, 1.807) is 0 Å². The fourth-order valence-corrected chi connectivity index (χ4v) is 5.67. The van der Waals surface area contributed by atoms with Crippen LogP contribution >= 0.6 is 0 Å². The SMILES string of the molecule is CC(C)C1CC2C3(C)CCCC2(C)C3C1=O. The van der Waals surface area contributed by atoms with Crippen molar-refractivity contribution < 1.29 is 4.79 Å². The molecular weight excluding hydrogens is 196 g/mol. The molecule has 1 heteroatoms. The fraction of sp³-hybridized carbons (Fsp3) is 0.933. The van der Waals surface area contributed by atoms with Crippen LogP contribution in [0, 0.1) is 34.5 Å². The summed E-state index contributed by atoms with van der Waals surface area (Å²) in [7, 11) is 0. The molecule has 90 valence electrons. The first-order valence-electron chi connectivity index (χ1n) is 6.95. The van der Waals surface area contributed by atoms with Gasteiger partial charge in [0.15, 0.2) is 0 Å². The lowest BCUT2D eigenvalue weighted by atomic mass is 9.29. The second kappa shape index (κ2) is 2.91. The van der Waals surface area contributed by atoms with E-state index < -0.39 is 0 Å². The maximum absolute atomic E-state index is 12.6. The number of carbonyl (C=O) groups excluding carboxylic acids is 1. The number of hydrogen-bond donors (Lipinski definition) is 0. The molecule has 4 aliphatic carbocycles. The maximum atomic E-state index is 12.6. The molecule has 4 fully saturated rings. The minimum Gasteiger partial charge on any atom is -0.299 e. The highest BCUT2D eigenvalue weighted by molar-refractivity contribution is 5.88. The fourth-order valence-electron chi connectivity index (χ4n) is 5.67. The van der Waals surface area contributed by atoms with Crippen molar-refractivity contribution in [3.05, 3.63) is 0 Å². The van der Waals surface area contributed by atoms with Gasteiger partial charge >= 0.3 is 0 Å². The van der Waals surface area contributed by atoms with Crippen LogP contribution in [0.1, 0.15) is 53.4 Å². The van der Waals surface area contributed by atoms with Gasteiger partial charge in [0.25, 0.3) is 0 Å². The van der Waals surface area contributed by atoms with E-state index in [2.05, 4.69) is 27.7 Å². The normalized spacial score (nSPS) is 55.1. The number of ketones is 1. The first-order valence-corrected chi connectivity index (χ1v) is 6.95. The van der Waals surface area contributed by atoms with Gasteiger partial charge in [0, 0.05) is 11.8 Å². The molecule has 0 amide bonds. The molecule has 0 saturated heterocycles. The van der Waals surface area contributed by atoms with Gasteiger partial charge in [-0.1, -0.05) is 34.1 Å². The van der Waals surface area contributed by atoms with Crippen LogP contribution < -0.4 is 0 Å². The molecule has 0 radical (unpaired) electrons. The second-order valence-corrected chi connectivity index (χ2v) is 7.34. The molecule has 0 heterocycles. The minimum absolute atomic E-state index is 0.370. The quantitative estimate of drug-likeness (QED) is 0.659. The molecule has 4 bridgehead atoms. The van der Waals surface area contributed by atoms with E-state index in [1.165, 1.54) is 25.7 Å². The van der Waals surface area contributed by atoms with Crippen LogP contribution in [0.5, 0.6) is 0 Å². The van der Waals surface area contributed by atoms with E-state index in [-0.39, 0.29) is 0 Å². The Morgan fingerprint density at radius 2 is 1.75 bits per heavy atom. The summed E-state index contributed by atoms with van der Waals surface area (Å²) in [6.45, 7) is 9.21. The Bertz CT molecular complexity index is 327. The Balaban J connectivity index is 1.96. The molecule has 0 aromatic carbocycles. The average molecular weight is 220 g/mol. The largest absolute Gasteiger partial charge is 0.299 e. The molecule has 4 saturated carbocycles. The lowest BCUT2D eigenvalue weighted by Crippen LogP contribution is -2.72. The highest BCUT2D eigenvalue weighted by Gasteiger charge is 2.73. The third-order valence-electron chi connectivity index (χ3n) is 6.29. The Morgan fingerprint density at radius 1 is 1.19 bits per heavy atom. The minimum atomic E-state index is 0.370. The molecule has 3 unspecified atom stereocenters. The van der Waals surface area contributed by atoms with Crippen LogP contribution in [-0.2, 0) is 4.79 Å². The molecule has 0 N–H and O–H groups in total. The summed E-state index contributed by atoms with van der Waals surface area (Å²) in [6.07, 6.45) is 5.13. The van der Waals surface area contributed by atoms with Gasteiger partial charge in [0.05, 0.1) is 0 Å². The van der Waals surface area contributed by atoms with E-state index in [9.17, 15) is 4.79 Å². The van der Waals surface area contributed by atoms with Gasteiger partial charge in [0.1, 0.15) is 5.78 Å². The highest BCUT2D eigenvalue weighted by Crippen LogP contribution is 2.76. The van der Waals surface area contributed by atoms with Crippen molar-refractivity contribution in [2.24, 2.45) is 34.5 Å². The summed E-state index contributed by atoms with van der Waals surface area (Å²) in [4.78, 5) is 12.6. The first kappa shape index (κ1) is 10.8. The van der Waals surface area contributed by atoms with Crippen LogP contribution in [0.4, 0.5) is 0 Å². The molecule has 1 nitrogen and oxygen atoms in total. The van der Waals surface area contributed by atoms with Gasteiger partial charge in [-0.05, 0) is 41.9 Å². The zero-order valence-electron chi connectivity index (χ0n) is 11.0. The molecule has 16 heavy (non-hydrogen) atoms. The molecule has 4 aliphatic rings. The predicted molar refractivity (Wildman–Crippen MR) is 65.0 cm³/mol. The summed E-state index contributed by atoms with van der Waals surface area (Å²) in [6, 6.07) is 0. The maximum Gasteiger partial charge on any atom is 0.140 e. The molecule has 0 spiro atoms. The standard InChI is InChI=1S/C15H24O/c1-9(2)10-8-11-14(3)6-5-7-15(11,4)13(14)12(10)16/h9-11,13H,5-8H2,1-4H3. The van der Waals surface area contributed by atoms with E-state index in [1.807, 2.05) is 0 Å². The van der Waals surface area contributed by atoms with E-state index in [0.29, 0.717) is 34.4 Å². The van der Waals surface area contributed by atoms with E-state index in [0.717, 1.165) is 5.92 Å². The number of rotatable bonds is 1. The molecule has 0 aromatic heterocycles. The van der Waals surface area contributed by atoms with Crippen molar-refractivity contribution >= 4 is 5.78 Å². The van der Waals surface area contributed by atoms with Crippen molar-refractivity contribution in [3.63, 3.8) is 0 Å². The van der Waals surface area contributed by atoms with E-state index >= 15 is 0 Å². The summed E-state index contributed by atoms with van der Waals surface area (Å²) >= 11 is 0. The predicted octanol–water partition coefficient (Wildman–Crippen LogP) is 3.67. The van der Waals surface area contributed by atoms with Crippen molar-refractivity contribution in [3.8, 4) is 0 Å². The van der Waals surface area contributed by atoms with Gasteiger partial charge < -0.3 is 0 Å². The topological polar surface area (TPSA) is 17.1 Å². The van der Waals surface area contributed by atoms with Crippen LogP contribution in [-0.4, -0.2) is 5.78 Å². The lowest BCUT2D eigenvalue weighted by molar-refractivity contribution is -0.246. The molecule has 0 aromatic rings. The van der Waals surface area contributed by atoms with Gasteiger partial charge in [0.2, 0.25) is 0 Å². The zero-order chi connectivity index (χ0) is 11.7. The van der Waals surface area contributed by atoms with Crippen molar-refractivity contribution in [1.29, 1.82) is 0 Å². The number of fused-ring (bicyclic) bond motifs is 2. The highest BCUT2D eigenvalue weighted by atomic mass is 16.1. The Morgan fingerprint density at radius 3 is 2.19 bits per heavy atom. The smallest absolute Gasteiger partial charge is 0.140 e. The summed E-state index contributed by atoms with van der Waals surface area (Å²) in [5.74, 6) is 2.77. The molecule has 4 rings (SSSR count). The number of carbonyl (C=O) groups is 1. The van der Waals surface area contributed by atoms with Crippen molar-refractivity contribution in [1.82, 2.24) is 0 Å². The van der Waals surface area contributed by atoms with Gasteiger partial charge in [-0.3, -0.25) is 4.79 Å².